The van der Waals surface area contributed by atoms with Gasteiger partial charge in [-0.15, -0.1) is 0 Å². The Balaban J connectivity index is 1.91. The molecule has 3 rings (SSSR count). The van der Waals surface area contributed by atoms with Gasteiger partial charge >= 0.3 is 0 Å². The molecule has 138 valence electrons. The second-order valence-corrected chi connectivity index (χ2v) is 7.56. The highest BCUT2D eigenvalue weighted by atomic mass is 35.5. The van der Waals surface area contributed by atoms with Gasteiger partial charge in [0.2, 0.25) is 11.8 Å². The Morgan fingerprint density at radius 3 is 2.92 bits per heavy atom. The molecule has 0 unspecified atom stereocenters. The highest BCUT2D eigenvalue weighted by Gasteiger charge is 2.21. The molecule has 10 heteroatoms. The monoisotopic (exact) mass is 398 g/mol. The number of benzene rings is 1. The number of aryl methyl sites for hydroxylation is 1. The maximum absolute atomic E-state index is 12.7. The number of sulfonamides is 1. The van der Waals surface area contributed by atoms with Gasteiger partial charge in [0.05, 0.1) is 13.8 Å². The first-order chi connectivity index (χ1) is 12.4. The quantitative estimate of drug-likeness (QED) is 0.636. The summed E-state index contributed by atoms with van der Waals surface area (Å²) in [6.45, 7) is -0.470. The number of nitrogens with one attached hydrogen (secondary N) is 2. The number of aromatic nitrogens is 3. The fraction of sp³-hybridized carbons (Fsp3) is 0.250. The van der Waals surface area contributed by atoms with Gasteiger partial charge in [-0.25, -0.2) is 18.1 Å². The van der Waals surface area contributed by atoms with Crippen molar-refractivity contribution in [3.05, 3.63) is 41.2 Å². The first-order valence-electron chi connectivity index (χ1n) is 7.70. The molecular weight excluding hydrogens is 383 g/mol. The molecule has 0 radical (unpaired) electrons. The van der Waals surface area contributed by atoms with Crippen LogP contribution in [0.4, 0.5) is 10.3 Å². The number of halogens is 2. The van der Waals surface area contributed by atoms with E-state index in [-0.39, 0.29) is 16.7 Å². The van der Waals surface area contributed by atoms with E-state index in [9.17, 15) is 12.8 Å². The van der Waals surface area contributed by atoms with Gasteiger partial charge < -0.3 is 9.72 Å². The van der Waals surface area contributed by atoms with Crippen molar-refractivity contribution < 1.29 is 17.5 Å². The Bertz CT molecular complexity index is 1040. The molecule has 2 N–H and O–H groups in total. The van der Waals surface area contributed by atoms with Crippen molar-refractivity contribution >= 4 is 38.5 Å². The number of alkyl halides is 1. The maximum Gasteiger partial charge on any atom is 0.266 e. The van der Waals surface area contributed by atoms with Crippen molar-refractivity contribution in [3.63, 3.8) is 0 Å². The van der Waals surface area contributed by atoms with E-state index in [0.29, 0.717) is 34.3 Å². The second kappa shape index (κ2) is 7.46. The molecule has 0 spiro atoms. The SMILES string of the molecule is COc1nc(NS(=O)(=O)c2c[nH]c3cc(Cl)ccc23)ncc1CCCF. The third-order valence-corrected chi connectivity index (χ3v) is 5.32. The van der Waals surface area contributed by atoms with Crippen LogP contribution in [0.1, 0.15) is 12.0 Å². The minimum atomic E-state index is -3.93. The van der Waals surface area contributed by atoms with E-state index in [1.807, 2.05) is 0 Å². The summed E-state index contributed by atoms with van der Waals surface area (Å²) in [6.07, 6.45) is 3.50. The summed E-state index contributed by atoms with van der Waals surface area (Å²) in [4.78, 5) is 11.0. The van der Waals surface area contributed by atoms with Crippen molar-refractivity contribution in [2.45, 2.75) is 17.7 Å². The summed E-state index contributed by atoms with van der Waals surface area (Å²) in [7, 11) is -2.52. The Morgan fingerprint density at radius 1 is 1.38 bits per heavy atom. The number of methoxy groups -OCH3 is 1. The molecule has 7 nitrogen and oxygen atoms in total. The number of ether oxygens (including phenoxy) is 1. The van der Waals surface area contributed by atoms with Crippen molar-refractivity contribution in [2.75, 3.05) is 18.5 Å². The molecule has 2 heterocycles. The number of nitrogens with zero attached hydrogens (tertiary/aromatic N) is 2. The van der Waals surface area contributed by atoms with Crippen molar-refractivity contribution in [2.24, 2.45) is 0 Å². The molecule has 0 saturated carbocycles. The molecular formula is C16H16ClFN4O3S. The van der Waals surface area contributed by atoms with Gasteiger partial charge in [-0.2, -0.15) is 4.98 Å². The van der Waals surface area contributed by atoms with Crippen LogP contribution in [0.15, 0.2) is 35.5 Å². The lowest BCUT2D eigenvalue weighted by Crippen LogP contribution is -2.15. The van der Waals surface area contributed by atoms with Gasteiger partial charge in [-0.3, -0.25) is 4.39 Å². The predicted octanol–water partition coefficient (Wildman–Crippen LogP) is 3.32. The zero-order chi connectivity index (χ0) is 18.7. The number of aromatic amines is 1. The van der Waals surface area contributed by atoms with E-state index in [4.69, 9.17) is 16.3 Å². The van der Waals surface area contributed by atoms with Crippen LogP contribution in [0.2, 0.25) is 5.02 Å². The lowest BCUT2D eigenvalue weighted by atomic mass is 10.2. The van der Waals surface area contributed by atoms with Crippen LogP contribution < -0.4 is 9.46 Å². The molecule has 0 saturated heterocycles. The molecule has 1 aromatic carbocycles. The summed E-state index contributed by atoms with van der Waals surface area (Å²) in [5.74, 6) is 0.0750. The highest BCUT2D eigenvalue weighted by Crippen LogP contribution is 2.27. The van der Waals surface area contributed by atoms with E-state index in [0.717, 1.165) is 0 Å². The zero-order valence-corrected chi connectivity index (χ0v) is 15.4. The molecule has 0 bridgehead atoms. The third kappa shape index (κ3) is 3.73. The van der Waals surface area contributed by atoms with Crippen molar-refractivity contribution in [1.29, 1.82) is 0 Å². The summed E-state index contributed by atoms with van der Waals surface area (Å²) in [5.41, 5.74) is 1.20. The zero-order valence-electron chi connectivity index (χ0n) is 13.8. The van der Waals surface area contributed by atoms with Crippen LogP contribution in [-0.4, -0.2) is 37.2 Å². The molecule has 0 atom stereocenters. The van der Waals surface area contributed by atoms with Crippen LogP contribution in [0.3, 0.4) is 0 Å². The average Bonchev–Trinajstić information content (AvgIpc) is 3.04. The van der Waals surface area contributed by atoms with E-state index in [2.05, 4.69) is 19.7 Å². The summed E-state index contributed by atoms with van der Waals surface area (Å²) in [5, 5.41) is 0.988. The van der Waals surface area contributed by atoms with E-state index >= 15 is 0 Å². The van der Waals surface area contributed by atoms with Gasteiger partial charge in [-0.1, -0.05) is 11.6 Å². The van der Waals surface area contributed by atoms with E-state index in [1.54, 1.807) is 18.2 Å². The van der Waals surface area contributed by atoms with Crippen LogP contribution >= 0.6 is 11.6 Å². The third-order valence-electron chi connectivity index (χ3n) is 3.72. The van der Waals surface area contributed by atoms with Gasteiger partial charge in [0.15, 0.2) is 0 Å². The first-order valence-corrected chi connectivity index (χ1v) is 9.56. The Morgan fingerprint density at radius 2 is 2.19 bits per heavy atom. The van der Waals surface area contributed by atoms with Crippen molar-refractivity contribution in [1.82, 2.24) is 15.0 Å². The number of hydrogen-bond donors (Lipinski definition) is 2. The fourth-order valence-corrected chi connectivity index (χ4v) is 3.82. The molecule has 2 aromatic heterocycles. The van der Waals surface area contributed by atoms with Gasteiger partial charge in [0.25, 0.3) is 10.0 Å². The van der Waals surface area contributed by atoms with Gasteiger partial charge in [0, 0.05) is 33.9 Å². The topological polar surface area (TPSA) is 97.0 Å². The van der Waals surface area contributed by atoms with Crippen LogP contribution in [0.25, 0.3) is 10.9 Å². The minimum Gasteiger partial charge on any atom is -0.481 e. The maximum atomic E-state index is 12.7. The predicted molar refractivity (Wildman–Crippen MR) is 97.0 cm³/mol. The normalized spacial score (nSPS) is 11.7. The lowest BCUT2D eigenvalue weighted by Gasteiger charge is -2.10. The first kappa shape index (κ1) is 18.4. The lowest BCUT2D eigenvalue weighted by molar-refractivity contribution is 0.389. The number of H-pyrrole nitrogens is 1. The van der Waals surface area contributed by atoms with Crippen LogP contribution in [-0.2, 0) is 16.4 Å². The summed E-state index contributed by atoms with van der Waals surface area (Å²) < 4.78 is 45.2. The smallest absolute Gasteiger partial charge is 0.266 e. The number of anilines is 1. The molecule has 0 fully saturated rings. The Labute approximate surface area is 154 Å². The highest BCUT2D eigenvalue weighted by molar-refractivity contribution is 7.93. The summed E-state index contributed by atoms with van der Waals surface area (Å²) >= 11 is 5.91. The molecule has 0 aliphatic carbocycles. The van der Waals surface area contributed by atoms with E-state index < -0.39 is 16.7 Å². The van der Waals surface area contributed by atoms with E-state index in [1.165, 1.54) is 19.5 Å². The standard InChI is InChI=1S/C16H16ClFN4O3S/c1-25-15-10(3-2-6-18)8-20-16(21-15)22-26(23,24)14-9-19-13-7-11(17)4-5-12(13)14/h4-5,7-9,19H,2-3,6H2,1H3,(H,20,21,22). The molecule has 26 heavy (non-hydrogen) atoms. The molecule has 0 aliphatic heterocycles. The largest absolute Gasteiger partial charge is 0.481 e. The average molecular weight is 399 g/mol. The van der Waals surface area contributed by atoms with Crippen LogP contribution in [0.5, 0.6) is 5.88 Å². The summed E-state index contributed by atoms with van der Waals surface area (Å²) in [6, 6.07) is 4.86. The molecule has 0 amide bonds. The molecule has 0 aliphatic rings. The number of hydrogen-bond acceptors (Lipinski definition) is 5. The van der Waals surface area contributed by atoms with Gasteiger partial charge in [-0.05, 0) is 31.0 Å². The number of rotatable bonds is 7. The minimum absolute atomic E-state index is 0.0493. The second-order valence-electron chi connectivity index (χ2n) is 5.47. The molecule has 3 aromatic rings. The fourth-order valence-electron chi connectivity index (χ4n) is 2.52. The van der Waals surface area contributed by atoms with Crippen LogP contribution in [0, 0.1) is 0 Å². The Hall–Kier alpha value is -2.39. The Kier molecular flexibility index (Phi) is 5.28. The van der Waals surface area contributed by atoms with Gasteiger partial charge in [0.1, 0.15) is 4.90 Å². The number of fused-ring (bicyclic) bond motifs is 1. The van der Waals surface area contributed by atoms with Crippen molar-refractivity contribution in [3.8, 4) is 5.88 Å².